The second kappa shape index (κ2) is 5.68. The first-order valence-corrected chi connectivity index (χ1v) is 6.28. The molecule has 5 heteroatoms. The van der Waals surface area contributed by atoms with Crippen molar-refractivity contribution in [1.29, 1.82) is 0 Å². The quantitative estimate of drug-likeness (QED) is 0.707. The maximum Gasteiger partial charge on any atom is 0.376 e. The average Bonchev–Trinajstić information content (AvgIpc) is 2.40. The van der Waals surface area contributed by atoms with Gasteiger partial charge in [0.25, 0.3) is 0 Å². The van der Waals surface area contributed by atoms with Crippen LogP contribution in [-0.2, 0) is 9.53 Å². The van der Waals surface area contributed by atoms with Crippen molar-refractivity contribution in [2.24, 2.45) is 5.92 Å². The molecule has 0 radical (unpaired) electrons. The van der Waals surface area contributed by atoms with Gasteiger partial charge in [-0.05, 0) is 36.7 Å². The zero-order valence-electron chi connectivity index (χ0n) is 8.80. The van der Waals surface area contributed by atoms with E-state index in [-0.39, 0.29) is 12.5 Å². The standard InChI is InChI=1S/C10H16F2O2S/c1-10(11,12)9(13)14-7-8-3-2-5-15-6-4-8/h8H,2-7H2,1H3. The summed E-state index contributed by atoms with van der Waals surface area (Å²) in [5.41, 5.74) is 0. The minimum absolute atomic E-state index is 0.142. The van der Waals surface area contributed by atoms with Crippen LogP contribution in [0.2, 0.25) is 0 Å². The van der Waals surface area contributed by atoms with E-state index in [9.17, 15) is 13.6 Å². The maximum absolute atomic E-state index is 12.5. The minimum Gasteiger partial charge on any atom is -0.461 e. The molecule has 0 aromatic carbocycles. The molecule has 88 valence electrons. The molecule has 0 saturated carbocycles. The van der Waals surface area contributed by atoms with Crippen LogP contribution in [0.4, 0.5) is 8.78 Å². The van der Waals surface area contributed by atoms with E-state index in [1.807, 2.05) is 11.8 Å². The van der Waals surface area contributed by atoms with Gasteiger partial charge in [-0.1, -0.05) is 0 Å². The molecule has 0 aliphatic carbocycles. The summed E-state index contributed by atoms with van der Waals surface area (Å²) in [6, 6.07) is 0. The van der Waals surface area contributed by atoms with Gasteiger partial charge >= 0.3 is 11.9 Å². The Morgan fingerprint density at radius 2 is 2.20 bits per heavy atom. The van der Waals surface area contributed by atoms with E-state index in [1.165, 1.54) is 0 Å². The van der Waals surface area contributed by atoms with Crippen molar-refractivity contribution < 1.29 is 18.3 Å². The molecule has 1 aliphatic heterocycles. The zero-order chi connectivity index (χ0) is 11.3. The molecule has 0 bridgehead atoms. The van der Waals surface area contributed by atoms with E-state index in [4.69, 9.17) is 0 Å². The van der Waals surface area contributed by atoms with Crippen LogP contribution >= 0.6 is 11.8 Å². The van der Waals surface area contributed by atoms with Crippen LogP contribution in [0.5, 0.6) is 0 Å². The Hall–Kier alpha value is -0.320. The molecule has 0 aromatic rings. The number of esters is 1. The molecule has 1 heterocycles. The lowest BCUT2D eigenvalue weighted by Crippen LogP contribution is -2.28. The number of halogens is 2. The third-order valence-corrected chi connectivity index (χ3v) is 3.48. The lowest BCUT2D eigenvalue weighted by atomic mass is 10.0. The largest absolute Gasteiger partial charge is 0.461 e. The Balaban J connectivity index is 2.26. The number of carbonyl (C=O) groups excluding carboxylic acids is 1. The van der Waals surface area contributed by atoms with Crippen LogP contribution in [0.15, 0.2) is 0 Å². The van der Waals surface area contributed by atoms with E-state index in [2.05, 4.69) is 4.74 Å². The predicted molar refractivity (Wildman–Crippen MR) is 56.2 cm³/mol. The van der Waals surface area contributed by atoms with Crippen molar-refractivity contribution in [2.75, 3.05) is 18.1 Å². The number of rotatable bonds is 3. The van der Waals surface area contributed by atoms with Crippen molar-refractivity contribution in [2.45, 2.75) is 32.1 Å². The minimum atomic E-state index is -3.36. The smallest absolute Gasteiger partial charge is 0.376 e. The highest BCUT2D eigenvalue weighted by atomic mass is 32.2. The second-order valence-corrected chi connectivity index (χ2v) is 5.12. The van der Waals surface area contributed by atoms with Crippen LogP contribution in [-0.4, -0.2) is 30.0 Å². The maximum atomic E-state index is 12.5. The third kappa shape index (κ3) is 4.82. The first kappa shape index (κ1) is 12.7. The zero-order valence-corrected chi connectivity index (χ0v) is 9.62. The molecule has 0 aromatic heterocycles. The van der Waals surface area contributed by atoms with E-state index in [1.54, 1.807) is 0 Å². The molecule has 1 saturated heterocycles. The van der Waals surface area contributed by atoms with Gasteiger partial charge in [0.1, 0.15) is 0 Å². The van der Waals surface area contributed by atoms with E-state index in [0.717, 1.165) is 30.8 Å². The number of hydrogen-bond acceptors (Lipinski definition) is 3. The molecule has 1 aliphatic rings. The van der Waals surface area contributed by atoms with Gasteiger partial charge in [0.15, 0.2) is 0 Å². The molecule has 0 spiro atoms. The Morgan fingerprint density at radius 3 is 2.87 bits per heavy atom. The number of carbonyl (C=O) groups is 1. The highest BCUT2D eigenvalue weighted by Crippen LogP contribution is 2.23. The second-order valence-electron chi connectivity index (χ2n) is 3.90. The van der Waals surface area contributed by atoms with Crippen molar-refractivity contribution in [1.82, 2.24) is 0 Å². The number of thioether (sulfide) groups is 1. The molecule has 0 N–H and O–H groups in total. The third-order valence-electron chi connectivity index (χ3n) is 2.38. The Kier molecular flexibility index (Phi) is 4.83. The summed E-state index contributed by atoms with van der Waals surface area (Å²) in [5.74, 6) is -2.36. The first-order chi connectivity index (χ1) is 7.00. The summed E-state index contributed by atoms with van der Waals surface area (Å²) < 4.78 is 29.5. The molecule has 1 atom stereocenters. The average molecular weight is 238 g/mol. The van der Waals surface area contributed by atoms with E-state index in [0.29, 0.717) is 6.92 Å². The van der Waals surface area contributed by atoms with Crippen molar-refractivity contribution in [3.8, 4) is 0 Å². The fourth-order valence-corrected chi connectivity index (χ4v) is 2.53. The lowest BCUT2D eigenvalue weighted by molar-refractivity contribution is -0.170. The molecule has 2 nitrogen and oxygen atoms in total. The van der Waals surface area contributed by atoms with Gasteiger partial charge in [-0.25, -0.2) is 4.79 Å². The first-order valence-electron chi connectivity index (χ1n) is 5.13. The van der Waals surface area contributed by atoms with E-state index < -0.39 is 11.9 Å². The van der Waals surface area contributed by atoms with E-state index >= 15 is 0 Å². The van der Waals surface area contributed by atoms with Gasteiger partial charge in [-0.3, -0.25) is 0 Å². The monoisotopic (exact) mass is 238 g/mol. The van der Waals surface area contributed by atoms with Crippen LogP contribution in [0.3, 0.4) is 0 Å². The summed E-state index contributed by atoms with van der Waals surface area (Å²) in [5, 5.41) is 0. The summed E-state index contributed by atoms with van der Waals surface area (Å²) in [6.45, 7) is 0.709. The number of alkyl halides is 2. The van der Waals surface area contributed by atoms with Gasteiger partial charge in [-0.2, -0.15) is 20.5 Å². The highest BCUT2D eigenvalue weighted by Gasteiger charge is 2.34. The van der Waals surface area contributed by atoms with Crippen molar-refractivity contribution >= 4 is 17.7 Å². The molecule has 15 heavy (non-hydrogen) atoms. The summed E-state index contributed by atoms with van der Waals surface area (Å²) >= 11 is 1.87. The highest BCUT2D eigenvalue weighted by molar-refractivity contribution is 7.99. The molecule has 0 amide bonds. The fraction of sp³-hybridized carbons (Fsp3) is 0.900. The lowest BCUT2D eigenvalue weighted by Gasteiger charge is -2.15. The topological polar surface area (TPSA) is 26.3 Å². The number of ether oxygens (including phenoxy) is 1. The Labute approximate surface area is 92.7 Å². The summed E-state index contributed by atoms with van der Waals surface area (Å²) in [4.78, 5) is 10.8. The fourth-order valence-electron chi connectivity index (χ4n) is 1.46. The van der Waals surface area contributed by atoms with Gasteiger partial charge in [-0.15, -0.1) is 0 Å². The Morgan fingerprint density at radius 1 is 1.47 bits per heavy atom. The van der Waals surface area contributed by atoms with Gasteiger partial charge in [0.2, 0.25) is 0 Å². The predicted octanol–water partition coefficient (Wildman–Crippen LogP) is 2.72. The normalized spacial score (nSPS) is 23.3. The van der Waals surface area contributed by atoms with Gasteiger partial charge < -0.3 is 4.74 Å². The molecule has 1 rings (SSSR count). The van der Waals surface area contributed by atoms with Gasteiger partial charge in [0.05, 0.1) is 6.61 Å². The van der Waals surface area contributed by atoms with Crippen LogP contribution in [0.1, 0.15) is 26.2 Å². The SMILES string of the molecule is CC(F)(F)C(=O)OCC1CCCSCC1. The molecule has 1 fully saturated rings. The molecular formula is C10H16F2O2S. The molecule has 1 unspecified atom stereocenters. The van der Waals surface area contributed by atoms with Crippen molar-refractivity contribution in [3.05, 3.63) is 0 Å². The van der Waals surface area contributed by atoms with Crippen LogP contribution in [0, 0.1) is 5.92 Å². The van der Waals surface area contributed by atoms with Crippen molar-refractivity contribution in [3.63, 3.8) is 0 Å². The summed E-state index contributed by atoms with van der Waals surface area (Å²) in [6.07, 6.45) is 3.00. The van der Waals surface area contributed by atoms with Crippen LogP contribution in [0.25, 0.3) is 0 Å². The summed E-state index contributed by atoms with van der Waals surface area (Å²) in [7, 11) is 0. The molecular weight excluding hydrogens is 222 g/mol. The Bertz CT molecular complexity index is 208. The number of hydrogen-bond donors (Lipinski definition) is 0. The van der Waals surface area contributed by atoms with Gasteiger partial charge in [0, 0.05) is 6.92 Å². The van der Waals surface area contributed by atoms with Crippen LogP contribution < -0.4 is 0 Å².